The number of morpholine rings is 1. The summed E-state index contributed by atoms with van der Waals surface area (Å²) in [7, 11) is 0. The summed E-state index contributed by atoms with van der Waals surface area (Å²) in [6.45, 7) is 2.89. The van der Waals surface area contributed by atoms with Crippen molar-refractivity contribution in [2.45, 2.75) is 70.3 Å². The highest BCUT2D eigenvalue weighted by atomic mass is 19.4. The zero-order valence-corrected chi connectivity index (χ0v) is 17.7. The van der Waals surface area contributed by atoms with Crippen molar-refractivity contribution in [1.29, 1.82) is 0 Å². The van der Waals surface area contributed by atoms with Gasteiger partial charge < -0.3 is 14.5 Å². The monoisotopic (exact) mass is 442 g/mol. The summed E-state index contributed by atoms with van der Waals surface area (Å²) in [5.41, 5.74) is -0.394. The maximum absolute atomic E-state index is 13.9. The van der Waals surface area contributed by atoms with Crippen LogP contribution in [0.2, 0.25) is 0 Å². The SMILES string of the molecule is C[C@@H]1COCCN1c1cc(=O)n2c(n1)N(CC(=O)C1CCCCC1)C(C(F)(F)F)CC2. The normalized spacial score (nSPS) is 25.4. The van der Waals surface area contributed by atoms with Gasteiger partial charge in [0.15, 0.2) is 5.78 Å². The summed E-state index contributed by atoms with van der Waals surface area (Å²) in [6.07, 6.45) is -0.455. The number of halogens is 3. The van der Waals surface area contributed by atoms with E-state index in [1.54, 1.807) is 0 Å². The summed E-state index contributed by atoms with van der Waals surface area (Å²) in [5, 5.41) is 0. The van der Waals surface area contributed by atoms with Crippen LogP contribution in [0.1, 0.15) is 45.4 Å². The molecule has 2 aliphatic heterocycles. The molecular formula is C21H29F3N4O3. The first-order chi connectivity index (χ1) is 14.8. The van der Waals surface area contributed by atoms with Crippen molar-refractivity contribution in [2.24, 2.45) is 5.92 Å². The van der Waals surface area contributed by atoms with Gasteiger partial charge in [0.25, 0.3) is 5.56 Å². The largest absolute Gasteiger partial charge is 0.408 e. The zero-order chi connectivity index (χ0) is 22.2. The summed E-state index contributed by atoms with van der Waals surface area (Å²) >= 11 is 0. The molecule has 31 heavy (non-hydrogen) atoms. The second-order valence-electron chi connectivity index (χ2n) is 8.80. The van der Waals surface area contributed by atoms with Crippen LogP contribution in [-0.4, -0.2) is 59.9 Å². The third-order valence-electron chi connectivity index (χ3n) is 6.66. The minimum absolute atomic E-state index is 0.0528. The molecule has 0 N–H and O–H groups in total. The minimum Gasteiger partial charge on any atom is -0.377 e. The predicted octanol–water partition coefficient (Wildman–Crippen LogP) is 2.76. The molecule has 1 saturated heterocycles. The summed E-state index contributed by atoms with van der Waals surface area (Å²) in [6, 6.07) is -0.507. The van der Waals surface area contributed by atoms with E-state index in [0.717, 1.165) is 37.0 Å². The maximum atomic E-state index is 13.9. The molecule has 1 saturated carbocycles. The van der Waals surface area contributed by atoms with Gasteiger partial charge in [0.05, 0.1) is 25.8 Å². The van der Waals surface area contributed by atoms with Gasteiger partial charge in [0, 0.05) is 25.1 Å². The third-order valence-corrected chi connectivity index (χ3v) is 6.66. The Hall–Kier alpha value is -2.10. The average molecular weight is 442 g/mol. The van der Waals surface area contributed by atoms with Gasteiger partial charge in [-0.1, -0.05) is 19.3 Å². The van der Waals surface area contributed by atoms with E-state index in [9.17, 15) is 22.8 Å². The highest BCUT2D eigenvalue weighted by Gasteiger charge is 2.47. The number of nitrogens with zero attached hydrogens (tertiary/aromatic N) is 4. The highest BCUT2D eigenvalue weighted by Crippen LogP contribution is 2.35. The van der Waals surface area contributed by atoms with Crippen LogP contribution in [0.3, 0.4) is 0 Å². The summed E-state index contributed by atoms with van der Waals surface area (Å²) < 4.78 is 48.4. The molecule has 1 aliphatic carbocycles. The smallest absolute Gasteiger partial charge is 0.377 e. The van der Waals surface area contributed by atoms with Gasteiger partial charge in [-0.25, -0.2) is 0 Å². The first kappa shape index (κ1) is 22.1. The van der Waals surface area contributed by atoms with E-state index in [-0.39, 0.29) is 43.2 Å². The van der Waals surface area contributed by atoms with Gasteiger partial charge in [-0.3, -0.25) is 14.2 Å². The molecule has 0 aromatic carbocycles. The van der Waals surface area contributed by atoms with Crippen LogP contribution in [0.5, 0.6) is 0 Å². The van der Waals surface area contributed by atoms with Crippen molar-refractivity contribution in [3.63, 3.8) is 0 Å². The number of hydrogen-bond acceptors (Lipinski definition) is 6. The van der Waals surface area contributed by atoms with Crippen molar-refractivity contribution in [2.75, 3.05) is 36.1 Å². The predicted molar refractivity (Wildman–Crippen MR) is 110 cm³/mol. The fraction of sp³-hybridized carbons (Fsp3) is 0.762. The number of ether oxygens (including phenoxy) is 1. The van der Waals surface area contributed by atoms with E-state index >= 15 is 0 Å². The van der Waals surface area contributed by atoms with Gasteiger partial charge in [-0.15, -0.1) is 0 Å². The molecule has 7 nitrogen and oxygen atoms in total. The van der Waals surface area contributed by atoms with E-state index in [4.69, 9.17) is 4.74 Å². The highest BCUT2D eigenvalue weighted by molar-refractivity contribution is 5.85. The van der Waals surface area contributed by atoms with Crippen LogP contribution in [0.4, 0.5) is 24.9 Å². The van der Waals surface area contributed by atoms with Crippen LogP contribution in [-0.2, 0) is 16.1 Å². The van der Waals surface area contributed by atoms with Gasteiger partial charge in [0.2, 0.25) is 5.95 Å². The quantitative estimate of drug-likeness (QED) is 0.715. The standard InChI is InChI=1S/C21H29F3N4O3/c1-14-13-31-10-9-26(14)18-11-19(30)27-8-7-17(21(22,23)24)28(20(27)25-18)12-16(29)15-5-3-2-4-6-15/h11,14-15,17H,2-10,12-13H2,1H3/t14-,17?/m1/s1. The summed E-state index contributed by atoms with van der Waals surface area (Å²) in [5.74, 6) is -0.127. The summed E-state index contributed by atoms with van der Waals surface area (Å²) in [4.78, 5) is 33.1. The lowest BCUT2D eigenvalue weighted by Crippen LogP contribution is -2.55. The molecular weight excluding hydrogens is 413 g/mol. The minimum atomic E-state index is -4.52. The number of hydrogen-bond donors (Lipinski definition) is 0. The van der Waals surface area contributed by atoms with Gasteiger partial charge in [-0.2, -0.15) is 18.2 Å². The number of carbonyl (C=O) groups is 1. The number of fused-ring (bicyclic) bond motifs is 1. The molecule has 2 atom stereocenters. The Labute approximate surface area is 179 Å². The number of carbonyl (C=O) groups excluding carboxylic acids is 1. The van der Waals surface area contributed by atoms with Crippen molar-refractivity contribution in [3.8, 4) is 0 Å². The molecule has 4 rings (SSSR count). The Balaban J connectivity index is 1.70. The Bertz CT molecular complexity index is 866. The number of Topliss-reactive ketones (excluding diaryl/α,β-unsaturated/α-hetero) is 1. The second-order valence-corrected chi connectivity index (χ2v) is 8.80. The number of aromatic nitrogens is 2. The molecule has 0 bridgehead atoms. The topological polar surface area (TPSA) is 67.7 Å². The Morgan fingerprint density at radius 3 is 2.61 bits per heavy atom. The van der Waals surface area contributed by atoms with Crippen molar-refractivity contribution in [3.05, 3.63) is 16.4 Å². The van der Waals surface area contributed by atoms with E-state index in [2.05, 4.69) is 4.98 Å². The van der Waals surface area contributed by atoms with Crippen LogP contribution in [0.15, 0.2) is 10.9 Å². The van der Waals surface area contributed by atoms with Gasteiger partial charge in [0.1, 0.15) is 11.9 Å². The lowest BCUT2D eigenvalue weighted by Gasteiger charge is -2.40. The second kappa shape index (κ2) is 8.80. The molecule has 1 aromatic heterocycles. The lowest BCUT2D eigenvalue weighted by molar-refractivity contribution is -0.153. The molecule has 1 aromatic rings. The maximum Gasteiger partial charge on any atom is 0.408 e. The van der Waals surface area contributed by atoms with Gasteiger partial charge >= 0.3 is 6.18 Å². The van der Waals surface area contributed by atoms with Crippen LogP contribution in [0, 0.1) is 5.92 Å². The third kappa shape index (κ3) is 4.58. The molecule has 3 heterocycles. The number of anilines is 2. The fourth-order valence-electron chi connectivity index (χ4n) is 4.92. The molecule has 2 fully saturated rings. The Kier molecular flexibility index (Phi) is 6.27. The fourth-order valence-corrected chi connectivity index (χ4v) is 4.92. The van der Waals surface area contributed by atoms with Crippen LogP contribution in [0.25, 0.3) is 0 Å². The molecule has 1 unspecified atom stereocenters. The van der Waals surface area contributed by atoms with E-state index in [1.165, 1.54) is 10.6 Å². The average Bonchev–Trinajstić information content (AvgIpc) is 2.74. The van der Waals surface area contributed by atoms with Crippen molar-refractivity contribution >= 4 is 17.5 Å². The van der Waals surface area contributed by atoms with E-state index in [0.29, 0.717) is 25.6 Å². The molecule has 0 radical (unpaired) electrons. The molecule has 10 heteroatoms. The Morgan fingerprint density at radius 1 is 1.19 bits per heavy atom. The lowest BCUT2D eigenvalue weighted by atomic mass is 9.86. The van der Waals surface area contributed by atoms with Crippen LogP contribution >= 0.6 is 0 Å². The molecule has 172 valence electrons. The Morgan fingerprint density at radius 2 is 1.94 bits per heavy atom. The van der Waals surface area contributed by atoms with Crippen molar-refractivity contribution in [1.82, 2.24) is 9.55 Å². The van der Waals surface area contributed by atoms with Gasteiger partial charge in [-0.05, 0) is 26.2 Å². The van der Waals surface area contributed by atoms with E-state index in [1.807, 2.05) is 11.8 Å². The van der Waals surface area contributed by atoms with E-state index < -0.39 is 17.8 Å². The first-order valence-electron chi connectivity index (χ1n) is 11.1. The first-order valence-corrected chi connectivity index (χ1v) is 11.1. The molecule has 0 spiro atoms. The molecule has 0 amide bonds. The number of ketones is 1. The number of rotatable bonds is 4. The number of alkyl halides is 3. The van der Waals surface area contributed by atoms with Crippen LogP contribution < -0.4 is 15.4 Å². The van der Waals surface area contributed by atoms with Crippen molar-refractivity contribution < 1.29 is 22.7 Å². The molecule has 3 aliphatic rings. The zero-order valence-electron chi connectivity index (χ0n) is 17.7.